The third kappa shape index (κ3) is 4.13. The summed E-state index contributed by atoms with van der Waals surface area (Å²) in [4.78, 5) is 27.0. The van der Waals surface area contributed by atoms with E-state index in [1.54, 1.807) is 42.9 Å². The van der Waals surface area contributed by atoms with Crippen molar-refractivity contribution in [1.29, 1.82) is 0 Å². The number of rotatable bonds is 7. The van der Waals surface area contributed by atoms with Gasteiger partial charge in [0.15, 0.2) is 11.5 Å². The Bertz CT molecular complexity index is 1410. The van der Waals surface area contributed by atoms with Crippen LogP contribution in [0.2, 0.25) is 0 Å². The van der Waals surface area contributed by atoms with Crippen molar-refractivity contribution in [2.24, 2.45) is 5.73 Å². The topological polar surface area (TPSA) is 111 Å². The zero-order valence-corrected chi connectivity index (χ0v) is 20.8. The number of fused-ring (bicyclic) bond motifs is 1. The molecule has 1 aliphatic rings. The molecule has 1 atom stereocenters. The van der Waals surface area contributed by atoms with Crippen LogP contribution in [0.25, 0.3) is 0 Å². The Hall–Kier alpha value is -4.40. The predicted octanol–water partition coefficient (Wildman–Crippen LogP) is 3.10. The van der Waals surface area contributed by atoms with Crippen LogP contribution in [-0.4, -0.2) is 39.0 Å². The minimum atomic E-state index is -0.928. The number of benzene rings is 2. The highest BCUT2D eigenvalue weighted by Crippen LogP contribution is 2.46. The Kier molecular flexibility index (Phi) is 6.91. The number of methoxy groups -OCH3 is 4. The molecule has 0 amide bonds. The molecule has 1 aliphatic heterocycles. The summed E-state index contributed by atoms with van der Waals surface area (Å²) in [6, 6.07) is 14.4. The summed E-state index contributed by atoms with van der Waals surface area (Å²) < 4.78 is 29.0. The maximum Gasteiger partial charge on any atom is 0.340 e. The van der Waals surface area contributed by atoms with Gasteiger partial charge in [0.2, 0.25) is 5.88 Å². The molecule has 2 aromatic carbocycles. The van der Waals surface area contributed by atoms with Gasteiger partial charge in [0.1, 0.15) is 17.1 Å². The number of nitrogens with zero attached hydrogens (tertiary/aromatic N) is 1. The third-order valence-corrected chi connectivity index (χ3v) is 6.24. The zero-order chi connectivity index (χ0) is 26.0. The molecule has 0 fully saturated rings. The summed E-state index contributed by atoms with van der Waals surface area (Å²) in [5, 5.41) is 0. The predicted molar refractivity (Wildman–Crippen MR) is 133 cm³/mol. The summed E-state index contributed by atoms with van der Waals surface area (Å²) >= 11 is 0. The van der Waals surface area contributed by atoms with Gasteiger partial charge >= 0.3 is 5.97 Å². The Morgan fingerprint density at radius 3 is 2.36 bits per heavy atom. The van der Waals surface area contributed by atoms with Crippen molar-refractivity contribution in [3.05, 3.63) is 92.7 Å². The van der Waals surface area contributed by atoms with Crippen LogP contribution >= 0.6 is 0 Å². The third-order valence-electron chi connectivity index (χ3n) is 6.24. The van der Waals surface area contributed by atoms with Crippen molar-refractivity contribution in [1.82, 2.24) is 4.57 Å². The number of hydrogen-bond acceptors (Lipinski definition) is 8. The first-order valence-corrected chi connectivity index (χ1v) is 11.2. The molecule has 4 rings (SSSR count). The number of para-hydroxylation sites is 2. The minimum absolute atomic E-state index is 0.00125. The number of carbonyl (C=O) groups excluding carboxylic acids is 1. The molecule has 9 heteroatoms. The highest BCUT2D eigenvalue weighted by molar-refractivity contribution is 5.93. The summed E-state index contributed by atoms with van der Waals surface area (Å²) in [6.07, 6.45) is 0. The van der Waals surface area contributed by atoms with E-state index >= 15 is 0 Å². The van der Waals surface area contributed by atoms with Crippen molar-refractivity contribution >= 4 is 5.97 Å². The van der Waals surface area contributed by atoms with Crippen molar-refractivity contribution in [2.75, 3.05) is 28.4 Å². The molecule has 0 bridgehead atoms. The largest absolute Gasteiger partial charge is 0.496 e. The minimum Gasteiger partial charge on any atom is -0.496 e. The fourth-order valence-electron chi connectivity index (χ4n) is 4.55. The van der Waals surface area contributed by atoms with Crippen LogP contribution < -0.4 is 30.2 Å². The van der Waals surface area contributed by atoms with Crippen molar-refractivity contribution < 1.29 is 28.5 Å². The molecule has 1 unspecified atom stereocenters. The molecular weight excluding hydrogens is 464 g/mol. The number of aromatic nitrogens is 1. The van der Waals surface area contributed by atoms with Crippen LogP contribution in [0.4, 0.5) is 0 Å². The molecule has 2 heterocycles. The van der Waals surface area contributed by atoms with E-state index in [0.29, 0.717) is 28.5 Å². The number of aryl methyl sites for hydroxylation is 1. The van der Waals surface area contributed by atoms with Gasteiger partial charge < -0.3 is 34.0 Å². The number of hydrogen-bond donors (Lipinski definition) is 1. The second-order valence-electron chi connectivity index (χ2n) is 8.15. The van der Waals surface area contributed by atoms with Gasteiger partial charge in [-0.3, -0.25) is 4.79 Å². The first kappa shape index (κ1) is 24.7. The SMILES string of the molecule is COC(=O)C1=C(N)Oc2cc(C)n(Cc3ccccc3OC)c(=O)c2C1c1cccc(OC)c1OC. The van der Waals surface area contributed by atoms with E-state index in [-0.39, 0.29) is 34.9 Å². The maximum absolute atomic E-state index is 14.1. The molecule has 0 saturated heterocycles. The number of carbonyl (C=O) groups is 1. The Morgan fingerprint density at radius 1 is 1.00 bits per heavy atom. The van der Waals surface area contributed by atoms with Crippen LogP contribution in [0.3, 0.4) is 0 Å². The number of pyridine rings is 1. The molecule has 0 aliphatic carbocycles. The normalized spacial score (nSPS) is 14.5. The summed E-state index contributed by atoms with van der Waals surface area (Å²) in [5.41, 5.74) is 8.08. The van der Waals surface area contributed by atoms with Gasteiger partial charge in [-0.15, -0.1) is 0 Å². The van der Waals surface area contributed by atoms with Crippen molar-refractivity contribution in [2.45, 2.75) is 19.4 Å². The van der Waals surface area contributed by atoms with Gasteiger partial charge in [-0.2, -0.15) is 0 Å². The summed E-state index contributed by atoms with van der Waals surface area (Å²) in [6.45, 7) is 2.05. The molecule has 1 aromatic heterocycles. The van der Waals surface area contributed by atoms with E-state index in [1.807, 2.05) is 24.3 Å². The molecule has 0 radical (unpaired) electrons. The number of nitrogens with two attached hydrogens (primary N) is 1. The zero-order valence-electron chi connectivity index (χ0n) is 20.8. The van der Waals surface area contributed by atoms with Crippen molar-refractivity contribution in [3.63, 3.8) is 0 Å². The molecule has 3 aromatic rings. The van der Waals surface area contributed by atoms with E-state index in [9.17, 15) is 9.59 Å². The highest BCUT2D eigenvalue weighted by Gasteiger charge is 2.40. The average molecular weight is 493 g/mol. The van der Waals surface area contributed by atoms with Gasteiger partial charge in [-0.25, -0.2) is 4.79 Å². The van der Waals surface area contributed by atoms with Crippen LogP contribution in [0.5, 0.6) is 23.0 Å². The van der Waals surface area contributed by atoms with Gasteiger partial charge in [0.05, 0.1) is 46.5 Å². The Labute approximate surface area is 208 Å². The summed E-state index contributed by atoms with van der Waals surface area (Å²) in [5.74, 6) is -0.0781. The molecule has 0 spiro atoms. The second kappa shape index (κ2) is 10.1. The van der Waals surface area contributed by atoms with E-state index in [1.165, 1.54) is 21.3 Å². The first-order valence-electron chi connectivity index (χ1n) is 11.2. The fraction of sp³-hybridized carbons (Fsp3) is 0.259. The Balaban J connectivity index is 2.01. The molecule has 2 N–H and O–H groups in total. The van der Waals surface area contributed by atoms with Gasteiger partial charge in [-0.1, -0.05) is 30.3 Å². The van der Waals surface area contributed by atoms with Gasteiger partial charge in [0, 0.05) is 22.9 Å². The van der Waals surface area contributed by atoms with Crippen LogP contribution in [0.15, 0.2) is 64.8 Å². The quantitative estimate of drug-likeness (QED) is 0.501. The van der Waals surface area contributed by atoms with Gasteiger partial charge in [0.25, 0.3) is 5.56 Å². The van der Waals surface area contributed by atoms with E-state index in [0.717, 1.165) is 5.56 Å². The monoisotopic (exact) mass is 492 g/mol. The molecule has 0 saturated carbocycles. The average Bonchev–Trinajstić information content (AvgIpc) is 2.89. The summed E-state index contributed by atoms with van der Waals surface area (Å²) in [7, 11) is 5.82. The van der Waals surface area contributed by atoms with Crippen LogP contribution in [-0.2, 0) is 16.1 Å². The molecule has 9 nitrogen and oxygen atoms in total. The van der Waals surface area contributed by atoms with E-state index < -0.39 is 11.9 Å². The van der Waals surface area contributed by atoms with Crippen LogP contribution in [0, 0.1) is 6.92 Å². The van der Waals surface area contributed by atoms with Gasteiger partial charge in [-0.05, 0) is 19.1 Å². The second-order valence-corrected chi connectivity index (χ2v) is 8.15. The Morgan fingerprint density at radius 2 is 1.69 bits per heavy atom. The number of esters is 1. The first-order chi connectivity index (χ1) is 17.4. The fourth-order valence-corrected chi connectivity index (χ4v) is 4.55. The lowest BCUT2D eigenvalue weighted by molar-refractivity contribution is -0.136. The molecule has 36 heavy (non-hydrogen) atoms. The maximum atomic E-state index is 14.1. The lowest BCUT2D eigenvalue weighted by Crippen LogP contribution is -2.35. The molecular formula is C27H28N2O7. The smallest absolute Gasteiger partial charge is 0.340 e. The highest BCUT2D eigenvalue weighted by atomic mass is 16.5. The standard InChI is InChI=1S/C27H28N2O7/c1-15-13-20-22(26(30)29(15)14-16-9-6-7-11-18(16)32-2)21(23(25(28)36-20)27(31)35-5)17-10-8-12-19(33-3)24(17)34-4/h6-13,21H,14,28H2,1-5H3. The van der Waals surface area contributed by atoms with Crippen LogP contribution in [0.1, 0.15) is 28.3 Å². The lowest BCUT2D eigenvalue weighted by atomic mass is 9.82. The lowest BCUT2D eigenvalue weighted by Gasteiger charge is -2.30. The van der Waals surface area contributed by atoms with Crippen molar-refractivity contribution in [3.8, 4) is 23.0 Å². The number of ether oxygens (including phenoxy) is 5. The van der Waals surface area contributed by atoms with E-state index in [2.05, 4.69) is 0 Å². The van der Waals surface area contributed by atoms with E-state index in [4.69, 9.17) is 29.4 Å². The molecule has 188 valence electrons.